The van der Waals surface area contributed by atoms with Crippen LogP contribution >= 0.6 is 11.3 Å². The summed E-state index contributed by atoms with van der Waals surface area (Å²) in [5.74, 6) is 1.85. The molecule has 0 N–H and O–H groups in total. The summed E-state index contributed by atoms with van der Waals surface area (Å²) in [5, 5.41) is 2.16. The quantitative estimate of drug-likeness (QED) is 0.190. The van der Waals surface area contributed by atoms with Gasteiger partial charge in [-0.05, 0) is 63.7 Å². The molecule has 0 saturated carbocycles. The fourth-order valence-electron chi connectivity index (χ4n) is 7.54. The first-order chi connectivity index (χ1) is 24.0. The number of hydrogen-bond acceptors (Lipinski definition) is 6. The maximum absolute atomic E-state index is 6.55. The van der Waals surface area contributed by atoms with E-state index in [0.29, 0.717) is 17.5 Å². The molecule has 3 aromatic heterocycles. The summed E-state index contributed by atoms with van der Waals surface area (Å²) in [6.45, 7) is 4.64. The number of thiazole rings is 1. The van der Waals surface area contributed by atoms with Crippen LogP contribution < -0.4 is 0 Å². The van der Waals surface area contributed by atoms with Crippen LogP contribution in [0.15, 0.2) is 137 Å². The average Bonchev–Trinajstić information content (AvgIpc) is 3.84. The third-order valence-electron chi connectivity index (χ3n) is 9.86. The van der Waals surface area contributed by atoms with Gasteiger partial charge in [-0.2, -0.15) is 0 Å². The lowest BCUT2D eigenvalue weighted by Crippen LogP contribution is -2.15. The van der Waals surface area contributed by atoms with E-state index in [-0.39, 0.29) is 5.41 Å². The van der Waals surface area contributed by atoms with Crippen LogP contribution in [0.4, 0.5) is 0 Å². The maximum Gasteiger partial charge on any atom is 0.164 e. The molecule has 6 aromatic carbocycles. The van der Waals surface area contributed by atoms with Crippen molar-refractivity contribution in [3.05, 3.63) is 144 Å². The Morgan fingerprint density at radius 2 is 1.20 bits per heavy atom. The van der Waals surface area contributed by atoms with E-state index in [4.69, 9.17) is 24.4 Å². The number of benzene rings is 6. The Labute approximate surface area is 286 Å². The van der Waals surface area contributed by atoms with Crippen LogP contribution in [0.5, 0.6) is 0 Å². The molecule has 9 aromatic rings. The molecule has 0 spiro atoms. The lowest BCUT2D eigenvalue weighted by Gasteiger charge is -2.22. The van der Waals surface area contributed by atoms with E-state index in [9.17, 15) is 0 Å². The topological polar surface area (TPSA) is 64.7 Å². The van der Waals surface area contributed by atoms with Gasteiger partial charge in [0.25, 0.3) is 0 Å². The van der Waals surface area contributed by atoms with Gasteiger partial charge in [0.15, 0.2) is 17.5 Å². The van der Waals surface area contributed by atoms with Gasteiger partial charge in [-0.1, -0.05) is 111 Å². The molecule has 0 aliphatic heterocycles. The molecule has 49 heavy (non-hydrogen) atoms. The summed E-state index contributed by atoms with van der Waals surface area (Å²) >= 11 is 1.70. The minimum absolute atomic E-state index is 0.215. The van der Waals surface area contributed by atoms with Crippen molar-refractivity contribution in [2.24, 2.45) is 0 Å². The van der Waals surface area contributed by atoms with Crippen LogP contribution in [0.3, 0.4) is 0 Å². The van der Waals surface area contributed by atoms with E-state index < -0.39 is 0 Å². The van der Waals surface area contributed by atoms with Crippen LogP contribution in [0.25, 0.3) is 88.6 Å². The minimum Gasteiger partial charge on any atom is -0.456 e. The molecule has 232 valence electrons. The molecule has 5 nitrogen and oxygen atoms in total. The fraction of sp³-hybridized carbons (Fsp3) is 0.0698. The Kier molecular flexibility index (Phi) is 6.02. The number of rotatable bonds is 4. The zero-order valence-corrected chi connectivity index (χ0v) is 27.6. The number of fused-ring (bicyclic) bond motifs is 8. The van der Waals surface area contributed by atoms with Gasteiger partial charge in [0.1, 0.15) is 11.2 Å². The van der Waals surface area contributed by atoms with Crippen LogP contribution in [-0.2, 0) is 5.41 Å². The van der Waals surface area contributed by atoms with Crippen LogP contribution in [0.1, 0.15) is 25.0 Å². The van der Waals surface area contributed by atoms with Crippen molar-refractivity contribution < 1.29 is 4.42 Å². The van der Waals surface area contributed by atoms with Gasteiger partial charge < -0.3 is 4.42 Å². The van der Waals surface area contributed by atoms with Crippen LogP contribution in [0, 0.1) is 0 Å². The van der Waals surface area contributed by atoms with E-state index in [2.05, 4.69) is 68.4 Å². The Morgan fingerprint density at radius 1 is 0.551 bits per heavy atom. The Morgan fingerprint density at radius 3 is 1.94 bits per heavy atom. The molecule has 0 bridgehead atoms. The second-order valence-electron chi connectivity index (χ2n) is 13.1. The van der Waals surface area contributed by atoms with E-state index >= 15 is 0 Å². The largest absolute Gasteiger partial charge is 0.456 e. The standard InChI is InChI=1S/C43H28N4OS/c1-43(2)33-22-27(17-18-29(33)30-19-20-36-39(38(30)43)44-24-49-36)32-21-28(23-35-37(32)31-15-9-10-16-34(31)48-35)42-46-40(25-11-5-3-6-12-25)45-41(47-42)26-13-7-4-8-14-26/h3-24H,1-2H3. The summed E-state index contributed by atoms with van der Waals surface area (Å²) in [5.41, 5.74) is 14.5. The molecular weight excluding hydrogens is 621 g/mol. The lowest BCUT2D eigenvalue weighted by molar-refractivity contribution is 0.665. The zero-order chi connectivity index (χ0) is 32.7. The Hall–Kier alpha value is -5.98. The first kappa shape index (κ1) is 28.1. The van der Waals surface area contributed by atoms with Crippen LogP contribution in [-0.4, -0.2) is 19.9 Å². The molecule has 6 heteroatoms. The van der Waals surface area contributed by atoms with Gasteiger partial charge in [0.2, 0.25) is 0 Å². The third-order valence-corrected chi connectivity index (χ3v) is 10.7. The van der Waals surface area contributed by atoms with Crippen molar-refractivity contribution >= 4 is 43.5 Å². The molecule has 1 aliphatic rings. The van der Waals surface area contributed by atoms with E-state index in [1.54, 1.807) is 11.3 Å². The Bertz CT molecular complexity index is 2690. The molecule has 0 radical (unpaired) electrons. The average molecular weight is 649 g/mol. The highest BCUT2D eigenvalue weighted by molar-refractivity contribution is 7.16. The number of para-hydroxylation sites is 1. The Balaban J connectivity index is 1.22. The third kappa shape index (κ3) is 4.31. The zero-order valence-electron chi connectivity index (χ0n) is 26.8. The highest BCUT2D eigenvalue weighted by atomic mass is 32.1. The fourth-order valence-corrected chi connectivity index (χ4v) is 8.22. The van der Waals surface area contributed by atoms with Gasteiger partial charge >= 0.3 is 0 Å². The first-order valence-corrected chi connectivity index (χ1v) is 17.3. The molecule has 0 unspecified atom stereocenters. The summed E-state index contributed by atoms with van der Waals surface area (Å²) in [4.78, 5) is 19.8. The second-order valence-corrected chi connectivity index (χ2v) is 14.0. The summed E-state index contributed by atoms with van der Waals surface area (Å²) in [6, 6.07) is 44.1. The second kappa shape index (κ2) is 10.5. The van der Waals surface area contributed by atoms with Gasteiger partial charge in [0, 0.05) is 32.9 Å². The highest BCUT2D eigenvalue weighted by Gasteiger charge is 2.38. The summed E-state index contributed by atoms with van der Waals surface area (Å²) in [6.07, 6.45) is 0. The monoisotopic (exact) mass is 648 g/mol. The molecule has 10 rings (SSSR count). The van der Waals surface area contributed by atoms with Gasteiger partial charge in [-0.15, -0.1) is 11.3 Å². The molecule has 0 saturated heterocycles. The minimum atomic E-state index is -0.215. The normalized spacial score (nSPS) is 13.3. The number of aromatic nitrogens is 4. The molecule has 3 heterocycles. The predicted octanol–water partition coefficient (Wildman–Crippen LogP) is 11.4. The highest BCUT2D eigenvalue weighted by Crippen LogP contribution is 2.53. The van der Waals surface area contributed by atoms with Crippen molar-refractivity contribution in [3.63, 3.8) is 0 Å². The van der Waals surface area contributed by atoms with Gasteiger partial charge in [-0.3, -0.25) is 0 Å². The molecular formula is C43H28N4OS. The maximum atomic E-state index is 6.55. The molecule has 0 fully saturated rings. The molecule has 0 atom stereocenters. The first-order valence-electron chi connectivity index (χ1n) is 16.4. The van der Waals surface area contributed by atoms with E-state index in [1.807, 2.05) is 78.3 Å². The van der Waals surface area contributed by atoms with Crippen molar-refractivity contribution in [1.82, 2.24) is 19.9 Å². The summed E-state index contributed by atoms with van der Waals surface area (Å²) < 4.78 is 7.78. The molecule has 1 aliphatic carbocycles. The van der Waals surface area contributed by atoms with E-state index in [0.717, 1.165) is 55.3 Å². The number of furan rings is 1. The summed E-state index contributed by atoms with van der Waals surface area (Å²) in [7, 11) is 0. The van der Waals surface area contributed by atoms with Crippen molar-refractivity contribution in [2.45, 2.75) is 19.3 Å². The van der Waals surface area contributed by atoms with Crippen molar-refractivity contribution in [2.75, 3.05) is 0 Å². The number of hydrogen-bond donors (Lipinski definition) is 0. The SMILES string of the molecule is CC1(C)c2cc(-c3cc(-c4nc(-c5ccccc5)nc(-c5ccccc5)n4)cc4oc5ccccc5c34)ccc2-c2ccc3scnc3c21. The predicted molar refractivity (Wildman–Crippen MR) is 200 cm³/mol. The van der Waals surface area contributed by atoms with Crippen molar-refractivity contribution in [3.8, 4) is 56.4 Å². The van der Waals surface area contributed by atoms with Crippen LogP contribution in [0.2, 0.25) is 0 Å². The van der Waals surface area contributed by atoms with Crippen molar-refractivity contribution in [1.29, 1.82) is 0 Å². The van der Waals surface area contributed by atoms with E-state index in [1.165, 1.54) is 27.0 Å². The number of nitrogens with zero attached hydrogens (tertiary/aromatic N) is 4. The van der Waals surface area contributed by atoms with Gasteiger partial charge in [-0.25, -0.2) is 19.9 Å². The smallest absolute Gasteiger partial charge is 0.164 e. The van der Waals surface area contributed by atoms with Gasteiger partial charge in [0.05, 0.1) is 15.7 Å². The lowest BCUT2D eigenvalue weighted by atomic mass is 9.81. The molecule has 0 amide bonds.